The second-order valence-electron chi connectivity index (χ2n) is 8.77. The maximum absolute atomic E-state index is 11.9. The molecule has 1 N–H and O–H groups in total. The second-order valence-corrected chi connectivity index (χ2v) is 8.77. The van der Waals surface area contributed by atoms with Crippen LogP contribution in [0, 0.1) is 25.2 Å². The molecule has 0 bridgehead atoms. The summed E-state index contributed by atoms with van der Waals surface area (Å²) in [6.45, 7) is 8.92. The Labute approximate surface area is 192 Å². The molecule has 1 fully saturated rings. The molecule has 0 saturated carbocycles. The Kier molecular flexibility index (Phi) is 5.40. The van der Waals surface area contributed by atoms with Crippen LogP contribution >= 0.6 is 0 Å². The van der Waals surface area contributed by atoms with E-state index in [1.54, 1.807) is 11.6 Å². The molecule has 9 nitrogen and oxygen atoms in total. The Morgan fingerprint density at radius 2 is 2.12 bits per heavy atom. The summed E-state index contributed by atoms with van der Waals surface area (Å²) in [7, 11) is 0. The number of hydrogen-bond donors (Lipinski definition) is 1. The number of benzene rings is 1. The lowest BCUT2D eigenvalue weighted by atomic mass is 9.92. The van der Waals surface area contributed by atoms with Gasteiger partial charge in [0.15, 0.2) is 0 Å². The highest BCUT2D eigenvalue weighted by Crippen LogP contribution is 2.31. The molecule has 5 rings (SSSR count). The number of carbonyl (C=O) groups is 1. The monoisotopic (exact) mass is 443 g/mol. The Balaban J connectivity index is 1.33. The highest BCUT2D eigenvalue weighted by molar-refractivity contribution is 5.94. The molecule has 9 heteroatoms. The number of rotatable bonds is 4. The largest absolute Gasteiger partial charge is 0.457 e. The van der Waals surface area contributed by atoms with Crippen LogP contribution in [-0.2, 0) is 17.9 Å². The first-order valence-electron chi connectivity index (χ1n) is 11.0. The summed E-state index contributed by atoms with van der Waals surface area (Å²) >= 11 is 0. The Bertz CT molecular complexity index is 1280. The fraction of sp³-hybridized carbons (Fsp3) is 0.375. The van der Waals surface area contributed by atoms with Gasteiger partial charge in [0.25, 0.3) is 5.95 Å². The topological polar surface area (TPSA) is 109 Å². The number of carbonyl (C=O) groups excluding carboxylic acids is 1. The summed E-state index contributed by atoms with van der Waals surface area (Å²) in [6, 6.07) is 6.50. The zero-order valence-electron chi connectivity index (χ0n) is 18.9. The summed E-state index contributed by atoms with van der Waals surface area (Å²) in [5.41, 5.74) is 6.19. The van der Waals surface area contributed by atoms with Crippen molar-refractivity contribution in [1.82, 2.24) is 30.0 Å². The summed E-state index contributed by atoms with van der Waals surface area (Å²) in [6.07, 6.45) is 5.30. The third-order valence-electron chi connectivity index (χ3n) is 6.38. The molecule has 0 aliphatic carbocycles. The predicted octanol–water partition coefficient (Wildman–Crippen LogP) is 2.36. The van der Waals surface area contributed by atoms with E-state index in [0.29, 0.717) is 35.4 Å². The number of nitrogens with one attached hydrogen (secondary N) is 1. The van der Waals surface area contributed by atoms with Gasteiger partial charge < -0.3 is 10.1 Å². The Hall–Kier alpha value is -3.61. The number of hydrogen-bond acceptors (Lipinski definition) is 8. The van der Waals surface area contributed by atoms with Gasteiger partial charge >= 0.3 is 5.97 Å². The fourth-order valence-electron chi connectivity index (χ4n) is 4.72. The first-order valence-corrected chi connectivity index (χ1v) is 11.0. The van der Waals surface area contributed by atoms with Crippen molar-refractivity contribution in [3.05, 3.63) is 69.8 Å². The number of nitrogens with zero attached hydrogens (tertiary/aromatic N) is 6. The Morgan fingerprint density at radius 3 is 2.91 bits per heavy atom. The zero-order chi connectivity index (χ0) is 23.1. The fourth-order valence-corrected chi connectivity index (χ4v) is 4.72. The van der Waals surface area contributed by atoms with Crippen LogP contribution < -0.4 is 5.32 Å². The minimum absolute atomic E-state index is 0.161. The summed E-state index contributed by atoms with van der Waals surface area (Å²) in [4.78, 5) is 22.9. The van der Waals surface area contributed by atoms with Crippen LogP contribution in [0.3, 0.4) is 0 Å². The molecule has 33 heavy (non-hydrogen) atoms. The number of ether oxygens (including phenoxy) is 1. The van der Waals surface area contributed by atoms with Gasteiger partial charge in [0.2, 0.25) is 0 Å². The van der Waals surface area contributed by atoms with E-state index >= 15 is 0 Å². The first kappa shape index (κ1) is 21.2. The summed E-state index contributed by atoms with van der Waals surface area (Å²) < 4.78 is 6.87. The molecule has 168 valence electrons. The van der Waals surface area contributed by atoms with E-state index in [1.807, 2.05) is 18.5 Å². The van der Waals surface area contributed by atoms with Crippen LogP contribution in [0.4, 0.5) is 0 Å². The lowest BCUT2D eigenvalue weighted by molar-refractivity contribution is 0.0535. The van der Waals surface area contributed by atoms with Crippen molar-refractivity contribution in [2.45, 2.75) is 46.0 Å². The molecule has 0 unspecified atom stereocenters. The minimum atomic E-state index is -0.232. The van der Waals surface area contributed by atoms with E-state index in [0.717, 1.165) is 36.3 Å². The van der Waals surface area contributed by atoms with E-state index in [9.17, 15) is 4.79 Å². The van der Waals surface area contributed by atoms with Gasteiger partial charge in [-0.1, -0.05) is 6.07 Å². The van der Waals surface area contributed by atoms with E-state index in [1.165, 1.54) is 11.8 Å². The van der Waals surface area contributed by atoms with Crippen molar-refractivity contribution in [2.24, 2.45) is 0 Å². The van der Waals surface area contributed by atoms with Gasteiger partial charge in [-0.15, -0.1) is 0 Å². The van der Waals surface area contributed by atoms with Crippen molar-refractivity contribution in [3.8, 4) is 12.0 Å². The molecule has 0 amide bonds. The third-order valence-corrected chi connectivity index (χ3v) is 6.38. The normalized spacial score (nSPS) is 20.4. The van der Waals surface area contributed by atoms with Gasteiger partial charge in [-0.2, -0.15) is 10.4 Å². The van der Waals surface area contributed by atoms with Crippen molar-refractivity contribution in [3.63, 3.8) is 0 Å². The molecule has 3 aromatic rings. The van der Waals surface area contributed by atoms with Gasteiger partial charge in [0, 0.05) is 49.0 Å². The van der Waals surface area contributed by atoms with E-state index in [4.69, 9.17) is 10.00 Å². The molecule has 2 aliphatic heterocycles. The van der Waals surface area contributed by atoms with Gasteiger partial charge in [-0.05, 0) is 38.0 Å². The molecule has 1 saturated heterocycles. The van der Waals surface area contributed by atoms with Gasteiger partial charge in [0.05, 0.1) is 29.2 Å². The average molecular weight is 444 g/mol. The number of esters is 1. The number of cyclic esters (lactones) is 1. The lowest BCUT2D eigenvalue weighted by Crippen LogP contribution is -2.50. The number of aromatic nitrogens is 4. The van der Waals surface area contributed by atoms with Gasteiger partial charge in [-0.3, -0.25) is 4.90 Å². The summed E-state index contributed by atoms with van der Waals surface area (Å²) in [5, 5.41) is 17.2. The molecule has 2 aromatic heterocycles. The van der Waals surface area contributed by atoms with E-state index in [2.05, 4.69) is 51.3 Å². The van der Waals surface area contributed by atoms with Crippen molar-refractivity contribution in [1.29, 1.82) is 5.26 Å². The second kappa shape index (κ2) is 8.39. The van der Waals surface area contributed by atoms with Gasteiger partial charge in [0.1, 0.15) is 12.7 Å². The molecule has 2 atom stereocenters. The van der Waals surface area contributed by atoms with Crippen LogP contribution in [-0.4, -0.2) is 49.7 Å². The molecular weight excluding hydrogens is 418 g/mol. The maximum Gasteiger partial charge on any atom is 0.338 e. The quantitative estimate of drug-likeness (QED) is 0.612. The van der Waals surface area contributed by atoms with Crippen molar-refractivity contribution < 1.29 is 9.53 Å². The molecule has 2 aliphatic rings. The number of aryl methyl sites for hydroxylation is 1. The first-order chi connectivity index (χ1) is 15.9. The number of nitriles is 1. The molecule has 4 heterocycles. The Morgan fingerprint density at radius 1 is 1.27 bits per heavy atom. The maximum atomic E-state index is 11.9. The third kappa shape index (κ3) is 3.99. The van der Waals surface area contributed by atoms with Gasteiger partial charge in [-0.25, -0.2) is 19.4 Å². The van der Waals surface area contributed by atoms with Crippen LogP contribution in [0.25, 0.3) is 5.95 Å². The smallest absolute Gasteiger partial charge is 0.338 e. The van der Waals surface area contributed by atoms with Crippen LogP contribution in [0.1, 0.15) is 56.8 Å². The van der Waals surface area contributed by atoms with E-state index < -0.39 is 0 Å². The SMILES string of the molecule is Cc1nc(-n2cc(CN3C[C@@H](c4ccc5c(c4C)COC5=O)N[C@@H](C)C3)cn2)ncc1C#N. The van der Waals surface area contributed by atoms with Crippen LogP contribution in [0.15, 0.2) is 30.7 Å². The average Bonchev–Trinajstić information content (AvgIpc) is 3.41. The molecular formula is C24H25N7O2. The van der Waals surface area contributed by atoms with E-state index in [-0.39, 0.29) is 12.0 Å². The molecule has 0 radical (unpaired) electrons. The minimum Gasteiger partial charge on any atom is -0.457 e. The lowest BCUT2D eigenvalue weighted by Gasteiger charge is -2.38. The molecule has 1 aromatic carbocycles. The summed E-state index contributed by atoms with van der Waals surface area (Å²) in [5.74, 6) is 0.222. The number of piperazine rings is 1. The van der Waals surface area contributed by atoms with Crippen molar-refractivity contribution in [2.75, 3.05) is 13.1 Å². The number of fused-ring (bicyclic) bond motifs is 1. The predicted molar refractivity (Wildman–Crippen MR) is 120 cm³/mol. The molecule has 0 spiro atoms. The zero-order valence-corrected chi connectivity index (χ0v) is 18.9. The standard InChI is InChI=1S/C24H25N7O2/c1-14-9-30(10-17-7-27-31(11-17)24-26-8-18(6-25)16(3)29-24)12-22(28-14)19-4-5-20-21(15(19)2)13-33-23(20)32/h4-5,7-8,11,14,22,28H,9-10,12-13H2,1-3H3/t14-,22-/m0/s1. The van der Waals surface area contributed by atoms with Crippen LogP contribution in [0.2, 0.25) is 0 Å². The van der Waals surface area contributed by atoms with Crippen molar-refractivity contribution >= 4 is 5.97 Å². The van der Waals surface area contributed by atoms with Crippen LogP contribution in [0.5, 0.6) is 0 Å². The highest BCUT2D eigenvalue weighted by atomic mass is 16.5. The highest BCUT2D eigenvalue weighted by Gasteiger charge is 2.30.